The van der Waals surface area contributed by atoms with Crippen LogP contribution >= 0.6 is 0 Å². The first-order chi connectivity index (χ1) is 21.2. The van der Waals surface area contributed by atoms with Crippen molar-refractivity contribution < 1.29 is 19.0 Å². The molecule has 2 rings (SSSR count). The van der Waals surface area contributed by atoms with Crippen molar-refractivity contribution >= 4 is 12.0 Å². The molecule has 0 amide bonds. The maximum absolute atomic E-state index is 12.6. The summed E-state index contributed by atoms with van der Waals surface area (Å²) in [5.41, 5.74) is 0.849. The Morgan fingerprint density at radius 3 is 1.49 bits per heavy atom. The van der Waals surface area contributed by atoms with Gasteiger partial charge in [-0.25, -0.2) is 4.79 Å². The van der Waals surface area contributed by atoms with Gasteiger partial charge < -0.3 is 14.2 Å². The number of ether oxygens (including phenoxy) is 3. The lowest BCUT2D eigenvalue weighted by atomic mass is 9.98. The van der Waals surface area contributed by atoms with Crippen molar-refractivity contribution in [1.29, 1.82) is 0 Å². The predicted molar refractivity (Wildman–Crippen MR) is 183 cm³/mol. The molecule has 0 radical (unpaired) electrons. The van der Waals surface area contributed by atoms with Gasteiger partial charge in [-0.05, 0) is 56.7 Å². The molecule has 1 aliphatic carbocycles. The molecule has 246 valence electrons. The van der Waals surface area contributed by atoms with Crippen LogP contribution in [-0.2, 0) is 9.53 Å². The van der Waals surface area contributed by atoms with Gasteiger partial charge in [0.25, 0.3) is 0 Å². The van der Waals surface area contributed by atoms with Gasteiger partial charge in [-0.15, -0.1) is 0 Å². The summed E-state index contributed by atoms with van der Waals surface area (Å²) in [5, 5.41) is 0. The Labute approximate surface area is 265 Å². The van der Waals surface area contributed by atoms with Gasteiger partial charge in [0.05, 0.1) is 18.8 Å². The molecule has 4 nitrogen and oxygen atoms in total. The molecule has 4 heteroatoms. The number of esters is 1. The fourth-order valence-corrected chi connectivity index (χ4v) is 6.02. The zero-order valence-electron chi connectivity index (χ0n) is 28.2. The maximum atomic E-state index is 12.6. The Balaban J connectivity index is 1.79. The molecule has 1 aliphatic rings. The highest BCUT2D eigenvalue weighted by molar-refractivity contribution is 5.88. The average Bonchev–Trinajstić information content (AvgIpc) is 3.02. The van der Waals surface area contributed by atoms with Gasteiger partial charge in [0.15, 0.2) is 0 Å². The van der Waals surface area contributed by atoms with Crippen LogP contribution in [0, 0.1) is 0 Å². The van der Waals surface area contributed by atoms with Crippen LogP contribution in [0.5, 0.6) is 11.5 Å². The zero-order valence-corrected chi connectivity index (χ0v) is 28.2. The van der Waals surface area contributed by atoms with Gasteiger partial charge in [-0.3, -0.25) is 0 Å². The van der Waals surface area contributed by atoms with Crippen molar-refractivity contribution in [2.45, 2.75) is 180 Å². The zero-order chi connectivity index (χ0) is 30.6. The molecule has 0 bridgehead atoms. The number of benzene rings is 1. The maximum Gasteiger partial charge on any atom is 0.331 e. The molecule has 0 aromatic heterocycles. The summed E-state index contributed by atoms with van der Waals surface area (Å²) in [7, 11) is 0. The SMILES string of the molecule is CCCCCCCCCCCCOc1cccc(OCCCCCCCCCCCC)c1C=CC(=O)OC1CCCCC1. The van der Waals surface area contributed by atoms with Crippen molar-refractivity contribution in [1.82, 2.24) is 0 Å². The lowest BCUT2D eigenvalue weighted by Gasteiger charge is -2.21. The van der Waals surface area contributed by atoms with Gasteiger partial charge in [-0.2, -0.15) is 0 Å². The molecule has 1 aromatic rings. The highest BCUT2D eigenvalue weighted by Gasteiger charge is 2.17. The van der Waals surface area contributed by atoms with E-state index in [-0.39, 0.29) is 12.1 Å². The molecule has 0 aliphatic heterocycles. The molecule has 1 aromatic carbocycles. The molecule has 0 atom stereocenters. The number of hydrogen-bond donors (Lipinski definition) is 0. The topological polar surface area (TPSA) is 44.8 Å². The summed E-state index contributed by atoms with van der Waals surface area (Å²) in [5.74, 6) is 1.31. The summed E-state index contributed by atoms with van der Waals surface area (Å²) < 4.78 is 18.2. The van der Waals surface area contributed by atoms with E-state index in [9.17, 15) is 4.79 Å². The molecule has 1 fully saturated rings. The van der Waals surface area contributed by atoms with Gasteiger partial charge >= 0.3 is 5.97 Å². The largest absolute Gasteiger partial charge is 0.493 e. The predicted octanol–water partition coefficient (Wildman–Crippen LogP) is 12.2. The third-order valence-electron chi connectivity index (χ3n) is 8.76. The third-order valence-corrected chi connectivity index (χ3v) is 8.76. The van der Waals surface area contributed by atoms with E-state index in [4.69, 9.17) is 14.2 Å². The molecule has 0 saturated heterocycles. The Morgan fingerprint density at radius 2 is 1.05 bits per heavy atom. The van der Waals surface area contributed by atoms with Crippen LogP contribution in [-0.4, -0.2) is 25.3 Å². The quantitative estimate of drug-likeness (QED) is 0.0574. The van der Waals surface area contributed by atoms with Crippen molar-refractivity contribution in [3.63, 3.8) is 0 Å². The van der Waals surface area contributed by atoms with E-state index in [2.05, 4.69) is 13.8 Å². The van der Waals surface area contributed by atoms with Crippen LogP contribution in [0.3, 0.4) is 0 Å². The summed E-state index contributed by atoms with van der Waals surface area (Å²) >= 11 is 0. The van der Waals surface area contributed by atoms with E-state index >= 15 is 0 Å². The van der Waals surface area contributed by atoms with Gasteiger partial charge in [-0.1, -0.05) is 142 Å². The van der Waals surface area contributed by atoms with Crippen LogP contribution in [0.25, 0.3) is 6.08 Å². The molecule has 0 N–H and O–H groups in total. The van der Waals surface area contributed by atoms with E-state index in [0.717, 1.165) is 55.6 Å². The number of rotatable bonds is 27. The summed E-state index contributed by atoms with van der Waals surface area (Å²) in [6, 6.07) is 5.99. The summed E-state index contributed by atoms with van der Waals surface area (Å²) in [6.07, 6.45) is 35.0. The highest BCUT2D eigenvalue weighted by Crippen LogP contribution is 2.31. The van der Waals surface area contributed by atoms with E-state index in [1.807, 2.05) is 24.3 Å². The third kappa shape index (κ3) is 19.1. The molecule has 1 saturated carbocycles. The molecule has 43 heavy (non-hydrogen) atoms. The number of carbonyl (C=O) groups is 1. The fourth-order valence-electron chi connectivity index (χ4n) is 6.02. The second-order valence-corrected chi connectivity index (χ2v) is 12.8. The van der Waals surface area contributed by atoms with E-state index in [1.54, 1.807) is 6.08 Å². The minimum Gasteiger partial charge on any atom is -0.493 e. The number of unbranched alkanes of at least 4 members (excludes halogenated alkanes) is 18. The molecule has 0 heterocycles. The standard InChI is InChI=1S/C39H66O4/c1-3-5-7-9-11-13-15-17-19-24-33-41-37-29-26-30-38(42-34-25-20-18-16-14-12-10-8-6-4-2)36(37)31-32-39(40)43-35-27-22-21-23-28-35/h26,29-32,35H,3-25,27-28,33-34H2,1-2H3. The molecule has 0 spiro atoms. The van der Waals surface area contributed by atoms with Gasteiger partial charge in [0.2, 0.25) is 0 Å². The van der Waals surface area contributed by atoms with Gasteiger partial charge in [0.1, 0.15) is 17.6 Å². The minimum atomic E-state index is -0.267. The van der Waals surface area contributed by atoms with Crippen molar-refractivity contribution in [3.8, 4) is 11.5 Å². The average molecular weight is 599 g/mol. The minimum absolute atomic E-state index is 0.0563. The Hall–Kier alpha value is -1.97. The van der Waals surface area contributed by atoms with Crippen molar-refractivity contribution in [3.05, 3.63) is 29.8 Å². The summed E-state index contributed by atoms with van der Waals surface area (Å²) in [6.45, 7) is 5.92. The lowest BCUT2D eigenvalue weighted by Crippen LogP contribution is -2.19. The molecular weight excluding hydrogens is 532 g/mol. The van der Waals surface area contributed by atoms with Gasteiger partial charge in [0, 0.05) is 6.08 Å². The van der Waals surface area contributed by atoms with E-state index in [1.165, 1.54) is 122 Å². The molecular formula is C39H66O4. The van der Waals surface area contributed by atoms with E-state index < -0.39 is 0 Å². The Kier molecular flexibility index (Phi) is 22.9. The van der Waals surface area contributed by atoms with E-state index in [0.29, 0.717) is 13.2 Å². The molecule has 0 unspecified atom stereocenters. The second-order valence-electron chi connectivity index (χ2n) is 12.8. The summed E-state index contributed by atoms with van der Waals surface area (Å²) in [4.78, 5) is 12.6. The second kappa shape index (κ2) is 26.4. The van der Waals surface area contributed by atoms with Crippen molar-refractivity contribution in [2.75, 3.05) is 13.2 Å². The Morgan fingerprint density at radius 1 is 0.628 bits per heavy atom. The lowest BCUT2D eigenvalue weighted by molar-refractivity contribution is -0.144. The van der Waals surface area contributed by atoms with Crippen LogP contribution in [0.2, 0.25) is 0 Å². The fraction of sp³-hybridized carbons (Fsp3) is 0.769. The van der Waals surface area contributed by atoms with Crippen LogP contribution < -0.4 is 9.47 Å². The monoisotopic (exact) mass is 598 g/mol. The first-order valence-corrected chi connectivity index (χ1v) is 18.5. The van der Waals surface area contributed by atoms with Crippen LogP contribution in [0.1, 0.15) is 180 Å². The number of carbonyl (C=O) groups excluding carboxylic acids is 1. The number of hydrogen-bond acceptors (Lipinski definition) is 4. The van der Waals surface area contributed by atoms with Crippen molar-refractivity contribution in [2.24, 2.45) is 0 Å². The normalized spacial score (nSPS) is 13.9. The Bertz CT molecular complexity index is 782. The first-order valence-electron chi connectivity index (χ1n) is 18.5. The van der Waals surface area contributed by atoms with Crippen LogP contribution in [0.4, 0.5) is 0 Å². The smallest absolute Gasteiger partial charge is 0.331 e. The highest BCUT2D eigenvalue weighted by atomic mass is 16.5. The first kappa shape index (κ1) is 37.2. The van der Waals surface area contributed by atoms with Crippen LogP contribution in [0.15, 0.2) is 24.3 Å².